The summed E-state index contributed by atoms with van der Waals surface area (Å²) >= 11 is 0. The van der Waals surface area contributed by atoms with E-state index >= 15 is 0 Å². The largest absolute Gasteiger partial charge is 0.356 e. The van der Waals surface area contributed by atoms with Crippen molar-refractivity contribution in [3.05, 3.63) is 35.4 Å². The maximum Gasteiger partial charge on any atom is 0.220 e. The van der Waals surface area contributed by atoms with Crippen molar-refractivity contribution in [2.45, 2.75) is 47.0 Å². The number of rotatable bonds is 6. The second-order valence-electron chi connectivity index (χ2n) is 6.26. The first-order chi connectivity index (χ1) is 9.29. The van der Waals surface area contributed by atoms with Crippen molar-refractivity contribution in [1.29, 1.82) is 0 Å². The lowest BCUT2D eigenvalue weighted by Crippen LogP contribution is -2.28. The van der Waals surface area contributed by atoms with Crippen LogP contribution in [0, 0.1) is 12.3 Å². The van der Waals surface area contributed by atoms with Gasteiger partial charge >= 0.3 is 0 Å². The lowest BCUT2D eigenvalue weighted by molar-refractivity contribution is -0.129. The molecule has 0 radical (unpaired) electrons. The van der Waals surface area contributed by atoms with Gasteiger partial charge in [-0.15, -0.1) is 0 Å². The molecule has 0 saturated heterocycles. The number of nitrogens with one attached hydrogen (secondary N) is 1. The number of amides is 1. The highest BCUT2D eigenvalue weighted by molar-refractivity contribution is 5.88. The van der Waals surface area contributed by atoms with E-state index < -0.39 is 0 Å². The summed E-state index contributed by atoms with van der Waals surface area (Å²) in [6.07, 6.45) is 1.42. The fourth-order valence-corrected chi connectivity index (χ4v) is 1.79. The van der Waals surface area contributed by atoms with Crippen molar-refractivity contribution in [3.63, 3.8) is 0 Å². The molecule has 1 amide bonds. The van der Waals surface area contributed by atoms with Gasteiger partial charge in [0, 0.05) is 26.2 Å². The highest BCUT2D eigenvalue weighted by Crippen LogP contribution is 2.17. The summed E-state index contributed by atoms with van der Waals surface area (Å²) in [5, 5.41) is 2.86. The van der Waals surface area contributed by atoms with Crippen LogP contribution in [0.25, 0.3) is 0 Å². The van der Waals surface area contributed by atoms with E-state index in [2.05, 4.69) is 36.5 Å². The molecule has 0 spiro atoms. The molecule has 0 fully saturated rings. The third-order valence-electron chi connectivity index (χ3n) is 3.27. The highest BCUT2D eigenvalue weighted by Gasteiger charge is 2.21. The molecule has 20 heavy (non-hydrogen) atoms. The molecule has 112 valence electrons. The minimum atomic E-state index is -0.359. The molecule has 0 aliphatic carbocycles. The van der Waals surface area contributed by atoms with Gasteiger partial charge < -0.3 is 5.32 Å². The van der Waals surface area contributed by atoms with Crippen LogP contribution in [0.15, 0.2) is 24.3 Å². The van der Waals surface area contributed by atoms with E-state index in [1.165, 1.54) is 11.1 Å². The van der Waals surface area contributed by atoms with Gasteiger partial charge in [-0.25, -0.2) is 0 Å². The van der Waals surface area contributed by atoms with Crippen LogP contribution in [-0.2, 0) is 16.0 Å². The van der Waals surface area contributed by atoms with Gasteiger partial charge in [-0.3, -0.25) is 9.59 Å². The SMILES string of the molecule is Cc1ccc(CCNC(=O)CCC(=O)C(C)(C)C)cc1.[HH]. The first kappa shape index (κ1) is 16.4. The van der Waals surface area contributed by atoms with E-state index in [-0.39, 0.29) is 25.0 Å². The van der Waals surface area contributed by atoms with Crippen LogP contribution in [0.4, 0.5) is 0 Å². The van der Waals surface area contributed by atoms with Gasteiger partial charge in [0.1, 0.15) is 5.78 Å². The molecule has 1 rings (SSSR count). The van der Waals surface area contributed by atoms with E-state index in [9.17, 15) is 9.59 Å². The zero-order valence-corrected chi connectivity index (χ0v) is 13.0. The van der Waals surface area contributed by atoms with Gasteiger partial charge in [-0.2, -0.15) is 0 Å². The lowest BCUT2D eigenvalue weighted by Gasteiger charge is -2.16. The average Bonchev–Trinajstić information content (AvgIpc) is 2.37. The molecule has 0 saturated carbocycles. The minimum absolute atomic E-state index is 0. The Morgan fingerprint density at radius 1 is 1.10 bits per heavy atom. The molecule has 0 aliphatic heterocycles. The molecular formula is C17H27NO2. The topological polar surface area (TPSA) is 46.2 Å². The standard InChI is InChI=1S/C17H25NO2.H2/c1-13-5-7-14(8-6-13)11-12-18-16(20)10-9-15(19)17(2,3)4;/h5-8H,9-12H2,1-4H3,(H,18,20);1H. The number of aryl methyl sites for hydroxylation is 1. The molecule has 0 unspecified atom stereocenters. The van der Waals surface area contributed by atoms with Crippen molar-refractivity contribution >= 4 is 11.7 Å². The number of hydrogen-bond donors (Lipinski definition) is 1. The zero-order valence-electron chi connectivity index (χ0n) is 13.0. The Morgan fingerprint density at radius 2 is 1.70 bits per heavy atom. The number of ketones is 1. The molecule has 0 bridgehead atoms. The Hall–Kier alpha value is -1.64. The number of hydrogen-bond acceptors (Lipinski definition) is 2. The molecule has 1 aromatic carbocycles. The normalized spacial score (nSPS) is 11.2. The molecule has 3 nitrogen and oxygen atoms in total. The Labute approximate surface area is 123 Å². The van der Waals surface area contributed by atoms with Gasteiger partial charge in [0.15, 0.2) is 0 Å². The maximum absolute atomic E-state index is 11.7. The summed E-state index contributed by atoms with van der Waals surface area (Å²) in [7, 11) is 0. The number of carbonyl (C=O) groups excluding carboxylic acids is 2. The smallest absolute Gasteiger partial charge is 0.220 e. The Bertz CT molecular complexity index is 461. The van der Waals surface area contributed by atoms with E-state index in [0.29, 0.717) is 13.0 Å². The summed E-state index contributed by atoms with van der Waals surface area (Å²) in [4.78, 5) is 23.4. The highest BCUT2D eigenvalue weighted by atomic mass is 16.2. The second-order valence-corrected chi connectivity index (χ2v) is 6.26. The fourth-order valence-electron chi connectivity index (χ4n) is 1.79. The maximum atomic E-state index is 11.7. The van der Waals surface area contributed by atoms with Crippen LogP contribution in [0.3, 0.4) is 0 Å². The van der Waals surface area contributed by atoms with Crippen LogP contribution in [0.1, 0.15) is 46.2 Å². The van der Waals surface area contributed by atoms with Crippen molar-refractivity contribution in [1.82, 2.24) is 5.32 Å². The second kappa shape index (κ2) is 7.22. The van der Waals surface area contributed by atoms with Gasteiger partial charge in [0.2, 0.25) is 5.91 Å². The molecule has 0 heterocycles. The van der Waals surface area contributed by atoms with Gasteiger partial charge in [-0.05, 0) is 18.9 Å². The fraction of sp³-hybridized carbons (Fsp3) is 0.529. The monoisotopic (exact) mass is 277 g/mol. The van der Waals surface area contributed by atoms with Gasteiger partial charge in [-0.1, -0.05) is 50.6 Å². The summed E-state index contributed by atoms with van der Waals surface area (Å²) in [6.45, 7) is 8.31. The third-order valence-corrected chi connectivity index (χ3v) is 3.27. The summed E-state index contributed by atoms with van der Waals surface area (Å²) in [5.74, 6) is 0.0842. The van der Waals surface area contributed by atoms with Gasteiger partial charge in [0.25, 0.3) is 0 Å². The van der Waals surface area contributed by atoms with Crippen LogP contribution in [-0.4, -0.2) is 18.2 Å². The molecule has 1 aromatic rings. The van der Waals surface area contributed by atoms with Crippen molar-refractivity contribution in [3.8, 4) is 0 Å². The molecule has 1 N–H and O–H groups in total. The summed E-state index contributed by atoms with van der Waals surface area (Å²) in [5.41, 5.74) is 2.09. The minimum Gasteiger partial charge on any atom is -0.356 e. The van der Waals surface area contributed by atoms with Crippen LogP contribution < -0.4 is 5.32 Å². The van der Waals surface area contributed by atoms with E-state index in [4.69, 9.17) is 0 Å². The Morgan fingerprint density at radius 3 is 2.25 bits per heavy atom. The summed E-state index contributed by atoms with van der Waals surface area (Å²) < 4.78 is 0. The van der Waals surface area contributed by atoms with Crippen LogP contribution in [0.2, 0.25) is 0 Å². The predicted molar refractivity (Wildman–Crippen MR) is 83.7 cm³/mol. The zero-order chi connectivity index (χ0) is 15.2. The summed E-state index contributed by atoms with van der Waals surface area (Å²) in [6, 6.07) is 8.29. The Kier molecular flexibility index (Phi) is 5.93. The van der Waals surface area contributed by atoms with Crippen LogP contribution >= 0.6 is 0 Å². The van der Waals surface area contributed by atoms with E-state index in [1.54, 1.807) is 0 Å². The molecule has 0 aromatic heterocycles. The molecular weight excluding hydrogens is 250 g/mol. The van der Waals surface area contributed by atoms with Crippen molar-refractivity contribution in [2.24, 2.45) is 5.41 Å². The van der Waals surface area contributed by atoms with Crippen molar-refractivity contribution < 1.29 is 11.0 Å². The third kappa shape index (κ3) is 6.00. The molecule has 0 atom stereocenters. The van der Waals surface area contributed by atoms with Crippen LogP contribution in [0.5, 0.6) is 0 Å². The number of carbonyl (C=O) groups is 2. The molecule has 3 heteroatoms. The van der Waals surface area contributed by atoms with Crippen molar-refractivity contribution in [2.75, 3.05) is 6.54 Å². The quantitative estimate of drug-likeness (QED) is 0.867. The van der Waals surface area contributed by atoms with E-state index in [0.717, 1.165) is 6.42 Å². The first-order valence-electron chi connectivity index (χ1n) is 7.14. The first-order valence-corrected chi connectivity index (χ1v) is 7.14. The lowest BCUT2D eigenvalue weighted by atomic mass is 9.88. The number of benzene rings is 1. The average molecular weight is 277 g/mol. The molecule has 0 aliphatic rings. The number of Topliss-reactive ketones (excluding diaryl/α,β-unsaturated/α-hetero) is 1. The van der Waals surface area contributed by atoms with Gasteiger partial charge in [0.05, 0.1) is 0 Å². The Balaban J connectivity index is 0.00000400. The predicted octanol–water partition coefficient (Wildman–Crippen LogP) is 3.30. The van der Waals surface area contributed by atoms with E-state index in [1.807, 2.05) is 20.8 Å².